The first-order valence-corrected chi connectivity index (χ1v) is 12.7. The number of hydrogen-bond acceptors (Lipinski definition) is 3. The summed E-state index contributed by atoms with van der Waals surface area (Å²) in [6.45, 7) is 0. The average molecular weight is 489 g/mol. The Balaban J connectivity index is 1.44. The van der Waals surface area contributed by atoms with Gasteiger partial charge < -0.3 is 9.32 Å². The normalized spacial score (nSPS) is 11.2. The molecule has 3 heteroatoms. The van der Waals surface area contributed by atoms with Gasteiger partial charge in [0, 0.05) is 22.3 Å². The van der Waals surface area contributed by atoms with E-state index in [2.05, 4.69) is 102 Å². The lowest BCUT2D eigenvalue weighted by molar-refractivity contribution is 0.620. The van der Waals surface area contributed by atoms with Gasteiger partial charge >= 0.3 is 0 Å². The molecule has 0 radical (unpaired) electrons. The van der Waals surface area contributed by atoms with Crippen molar-refractivity contribution in [3.05, 3.63) is 146 Å². The highest BCUT2D eigenvalue weighted by Crippen LogP contribution is 2.42. The van der Waals surface area contributed by atoms with Gasteiger partial charge in [0.05, 0.1) is 5.69 Å². The minimum Gasteiger partial charge on any atom is -0.436 e. The maximum Gasteiger partial charge on any atom is 0.227 e. The van der Waals surface area contributed by atoms with Gasteiger partial charge in [0.25, 0.3) is 0 Å². The predicted molar refractivity (Wildman–Crippen MR) is 157 cm³/mol. The van der Waals surface area contributed by atoms with Crippen molar-refractivity contribution in [2.24, 2.45) is 0 Å². The van der Waals surface area contributed by atoms with Crippen LogP contribution < -0.4 is 4.90 Å². The predicted octanol–water partition coefficient (Wildman–Crippen LogP) is 9.78. The standard InChI is InChI=1S/C35H24N2O/c1-4-11-25(12-5-1)26-19-22-30(23-20-26)37(29-16-8-3-9-17-29)31-18-10-15-27-21-24-32-34(33(27)31)36-35(38-32)28-13-6-2-7-14-28/h1-24H. The molecule has 0 atom stereocenters. The summed E-state index contributed by atoms with van der Waals surface area (Å²) in [6, 6.07) is 50.3. The molecule has 0 bridgehead atoms. The van der Waals surface area contributed by atoms with Crippen LogP contribution in [0.25, 0.3) is 44.5 Å². The van der Waals surface area contributed by atoms with Gasteiger partial charge in [-0.3, -0.25) is 0 Å². The van der Waals surface area contributed by atoms with E-state index in [9.17, 15) is 0 Å². The minimum atomic E-state index is 0.626. The number of oxazole rings is 1. The molecule has 0 aliphatic carbocycles. The van der Waals surface area contributed by atoms with Gasteiger partial charge in [0.1, 0.15) is 5.52 Å². The van der Waals surface area contributed by atoms with E-state index in [1.807, 2.05) is 48.5 Å². The van der Waals surface area contributed by atoms with Crippen molar-refractivity contribution in [3.63, 3.8) is 0 Å². The number of rotatable bonds is 5. The van der Waals surface area contributed by atoms with Crippen LogP contribution in [0.5, 0.6) is 0 Å². The highest BCUT2D eigenvalue weighted by atomic mass is 16.3. The third-order valence-corrected chi connectivity index (χ3v) is 6.89. The lowest BCUT2D eigenvalue weighted by Crippen LogP contribution is -2.10. The molecule has 0 aliphatic rings. The van der Waals surface area contributed by atoms with E-state index in [0.717, 1.165) is 44.5 Å². The molecule has 7 aromatic rings. The monoisotopic (exact) mass is 488 g/mol. The Kier molecular flexibility index (Phi) is 5.45. The molecule has 38 heavy (non-hydrogen) atoms. The van der Waals surface area contributed by atoms with Crippen molar-refractivity contribution >= 4 is 38.9 Å². The average Bonchev–Trinajstić information content (AvgIpc) is 3.44. The van der Waals surface area contributed by atoms with Crippen molar-refractivity contribution in [1.29, 1.82) is 0 Å². The summed E-state index contributed by atoms with van der Waals surface area (Å²) < 4.78 is 6.24. The Morgan fingerprint density at radius 3 is 1.79 bits per heavy atom. The van der Waals surface area contributed by atoms with E-state index in [1.54, 1.807) is 0 Å². The second-order valence-electron chi connectivity index (χ2n) is 9.26. The zero-order valence-electron chi connectivity index (χ0n) is 20.7. The summed E-state index contributed by atoms with van der Waals surface area (Å²) in [7, 11) is 0. The molecule has 0 saturated carbocycles. The first-order valence-electron chi connectivity index (χ1n) is 12.7. The Labute approximate surface area is 221 Å². The molecule has 0 fully saturated rings. The number of nitrogens with zero attached hydrogens (tertiary/aromatic N) is 2. The van der Waals surface area contributed by atoms with Gasteiger partial charge in [-0.05, 0) is 65.0 Å². The number of benzene rings is 6. The number of para-hydroxylation sites is 1. The zero-order valence-corrected chi connectivity index (χ0v) is 20.7. The van der Waals surface area contributed by atoms with Crippen molar-refractivity contribution in [3.8, 4) is 22.6 Å². The molecular formula is C35H24N2O. The van der Waals surface area contributed by atoms with Crippen LogP contribution in [0.4, 0.5) is 17.1 Å². The fraction of sp³-hybridized carbons (Fsp3) is 0. The SMILES string of the molecule is c1ccc(-c2ccc(N(c3ccccc3)c3cccc4ccc5oc(-c6ccccc6)nc5c34)cc2)cc1. The Bertz CT molecular complexity index is 1840. The summed E-state index contributed by atoms with van der Waals surface area (Å²) in [4.78, 5) is 7.30. The molecule has 0 spiro atoms. The number of aromatic nitrogens is 1. The van der Waals surface area contributed by atoms with Gasteiger partial charge in [-0.25, -0.2) is 4.98 Å². The third kappa shape index (κ3) is 3.91. The minimum absolute atomic E-state index is 0.626. The largest absolute Gasteiger partial charge is 0.436 e. The quantitative estimate of drug-likeness (QED) is 0.241. The van der Waals surface area contributed by atoms with Crippen molar-refractivity contribution in [1.82, 2.24) is 4.98 Å². The molecule has 6 aromatic carbocycles. The summed E-state index contributed by atoms with van der Waals surface area (Å²) in [6.07, 6.45) is 0. The first kappa shape index (κ1) is 22.1. The van der Waals surface area contributed by atoms with Crippen molar-refractivity contribution in [2.45, 2.75) is 0 Å². The zero-order chi connectivity index (χ0) is 25.3. The lowest BCUT2D eigenvalue weighted by atomic mass is 10.0. The molecule has 0 saturated heterocycles. The summed E-state index contributed by atoms with van der Waals surface area (Å²) >= 11 is 0. The molecule has 180 valence electrons. The van der Waals surface area contributed by atoms with Gasteiger partial charge in [-0.1, -0.05) is 97.1 Å². The van der Waals surface area contributed by atoms with E-state index in [-0.39, 0.29) is 0 Å². The Morgan fingerprint density at radius 2 is 1.08 bits per heavy atom. The Hall–Kier alpha value is -5.15. The second-order valence-corrected chi connectivity index (χ2v) is 9.26. The van der Waals surface area contributed by atoms with Crippen LogP contribution in [-0.4, -0.2) is 4.98 Å². The van der Waals surface area contributed by atoms with Gasteiger partial charge in [0.15, 0.2) is 5.58 Å². The van der Waals surface area contributed by atoms with Crippen LogP contribution in [0.1, 0.15) is 0 Å². The van der Waals surface area contributed by atoms with E-state index < -0.39 is 0 Å². The Morgan fingerprint density at radius 1 is 0.474 bits per heavy atom. The van der Waals surface area contributed by atoms with Gasteiger partial charge in [0.2, 0.25) is 5.89 Å². The van der Waals surface area contributed by atoms with E-state index >= 15 is 0 Å². The van der Waals surface area contributed by atoms with Gasteiger partial charge in [-0.15, -0.1) is 0 Å². The molecule has 0 amide bonds. The van der Waals surface area contributed by atoms with E-state index in [4.69, 9.17) is 9.40 Å². The molecule has 7 rings (SSSR count). The lowest BCUT2D eigenvalue weighted by Gasteiger charge is -2.27. The van der Waals surface area contributed by atoms with Crippen LogP contribution >= 0.6 is 0 Å². The molecule has 1 heterocycles. The highest BCUT2D eigenvalue weighted by Gasteiger charge is 2.19. The maximum absolute atomic E-state index is 6.24. The molecule has 0 N–H and O–H groups in total. The molecule has 0 unspecified atom stereocenters. The van der Waals surface area contributed by atoms with Crippen LogP contribution in [-0.2, 0) is 0 Å². The number of fused-ring (bicyclic) bond motifs is 3. The van der Waals surface area contributed by atoms with Crippen molar-refractivity contribution in [2.75, 3.05) is 4.90 Å². The van der Waals surface area contributed by atoms with Crippen LogP contribution in [0.2, 0.25) is 0 Å². The summed E-state index contributed by atoms with van der Waals surface area (Å²) in [5, 5.41) is 2.18. The van der Waals surface area contributed by atoms with E-state index in [1.165, 1.54) is 11.1 Å². The number of anilines is 3. The van der Waals surface area contributed by atoms with Gasteiger partial charge in [-0.2, -0.15) is 0 Å². The highest BCUT2D eigenvalue weighted by molar-refractivity contribution is 6.12. The van der Waals surface area contributed by atoms with Crippen LogP contribution in [0.15, 0.2) is 150 Å². The van der Waals surface area contributed by atoms with Crippen LogP contribution in [0, 0.1) is 0 Å². The fourth-order valence-corrected chi connectivity index (χ4v) is 5.07. The fourth-order valence-electron chi connectivity index (χ4n) is 5.07. The summed E-state index contributed by atoms with van der Waals surface area (Å²) in [5.74, 6) is 0.626. The maximum atomic E-state index is 6.24. The molecule has 0 aliphatic heterocycles. The van der Waals surface area contributed by atoms with Crippen molar-refractivity contribution < 1.29 is 4.42 Å². The third-order valence-electron chi connectivity index (χ3n) is 6.89. The first-order chi connectivity index (χ1) is 18.8. The molecule has 1 aromatic heterocycles. The second kappa shape index (κ2) is 9.38. The smallest absolute Gasteiger partial charge is 0.227 e. The summed E-state index contributed by atoms with van der Waals surface area (Å²) in [5.41, 5.74) is 8.20. The topological polar surface area (TPSA) is 29.3 Å². The van der Waals surface area contributed by atoms with Crippen LogP contribution in [0.3, 0.4) is 0 Å². The molecule has 3 nitrogen and oxygen atoms in total. The number of hydrogen-bond donors (Lipinski definition) is 0. The van der Waals surface area contributed by atoms with E-state index in [0.29, 0.717) is 5.89 Å². The molecular weight excluding hydrogens is 464 g/mol.